The van der Waals surface area contributed by atoms with E-state index >= 15 is 0 Å². The lowest BCUT2D eigenvalue weighted by atomic mass is 10.2. The van der Waals surface area contributed by atoms with Gasteiger partial charge in [0.25, 0.3) is 0 Å². The molecular formula is C7H10ClNS. The van der Waals surface area contributed by atoms with Crippen LogP contribution in [0.15, 0.2) is 30.2 Å². The largest absolute Gasteiger partial charge is 0.320 e. The molecule has 0 fully saturated rings. The van der Waals surface area contributed by atoms with E-state index in [1.807, 2.05) is 17.5 Å². The highest BCUT2D eigenvalue weighted by molar-refractivity contribution is 7.10. The minimum absolute atomic E-state index is 0. The number of rotatable bonds is 2. The van der Waals surface area contributed by atoms with Gasteiger partial charge in [-0.3, -0.25) is 0 Å². The van der Waals surface area contributed by atoms with Crippen LogP contribution in [-0.2, 0) is 0 Å². The van der Waals surface area contributed by atoms with Crippen molar-refractivity contribution in [1.82, 2.24) is 0 Å². The molecule has 0 aromatic carbocycles. The molecule has 0 saturated heterocycles. The van der Waals surface area contributed by atoms with Crippen LogP contribution >= 0.6 is 23.7 Å². The Hall–Kier alpha value is -0.310. The van der Waals surface area contributed by atoms with Crippen molar-refractivity contribution in [1.29, 1.82) is 0 Å². The second-order valence-corrected chi connectivity index (χ2v) is 2.76. The maximum atomic E-state index is 5.63. The molecule has 56 valence electrons. The van der Waals surface area contributed by atoms with Gasteiger partial charge in [-0.25, -0.2) is 0 Å². The van der Waals surface area contributed by atoms with Gasteiger partial charge >= 0.3 is 0 Å². The summed E-state index contributed by atoms with van der Waals surface area (Å²) in [5.41, 5.74) is 5.63. The third kappa shape index (κ3) is 2.14. The molecule has 0 bridgehead atoms. The summed E-state index contributed by atoms with van der Waals surface area (Å²) in [5.74, 6) is 0. The van der Waals surface area contributed by atoms with E-state index in [1.54, 1.807) is 17.4 Å². The molecule has 1 aromatic rings. The summed E-state index contributed by atoms with van der Waals surface area (Å²) in [6.45, 7) is 3.60. The van der Waals surface area contributed by atoms with Crippen molar-refractivity contribution < 1.29 is 0 Å². The molecule has 1 aromatic heterocycles. The molecule has 1 nitrogen and oxygen atoms in total. The summed E-state index contributed by atoms with van der Waals surface area (Å²) in [6.07, 6.45) is 1.74. The van der Waals surface area contributed by atoms with Gasteiger partial charge in [-0.2, -0.15) is 0 Å². The molecule has 0 radical (unpaired) electrons. The normalized spacial score (nSPS) is 11.7. The number of hydrogen-bond donors (Lipinski definition) is 1. The summed E-state index contributed by atoms with van der Waals surface area (Å²) in [7, 11) is 0. The molecule has 10 heavy (non-hydrogen) atoms. The molecule has 0 aliphatic rings. The van der Waals surface area contributed by atoms with E-state index in [2.05, 4.69) is 6.58 Å². The topological polar surface area (TPSA) is 26.0 Å². The minimum atomic E-state index is 0. The monoisotopic (exact) mass is 175 g/mol. The van der Waals surface area contributed by atoms with Crippen LogP contribution in [-0.4, -0.2) is 0 Å². The minimum Gasteiger partial charge on any atom is -0.320 e. The fourth-order valence-electron chi connectivity index (χ4n) is 0.597. The van der Waals surface area contributed by atoms with Crippen LogP contribution in [0.4, 0.5) is 0 Å². The molecule has 0 aliphatic carbocycles. The predicted octanol–water partition coefficient (Wildman–Crippen LogP) is 2.36. The number of nitrogens with two attached hydrogens (primary N) is 1. The molecule has 0 saturated carbocycles. The Balaban J connectivity index is 0.000000810. The summed E-state index contributed by atoms with van der Waals surface area (Å²) < 4.78 is 0. The van der Waals surface area contributed by atoms with Crippen LogP contribution in [0.3, 0.4) is 0 Å². The highest BCUT2D eigenvalue weighted by Gasteiger charge is 1.98. The van der Waals surface area contributed by atoms with Gasteiger partial charge in [0.2, 0.25) is 0 Å². The fourth-order valence-corrected chi connectivity index (χ4v) is 1.32. The Labute approximate surface area is 71.0 Å². The van der Waals surface area contributed by atoms with E-state index in [1.165, 1.54) is 4.88 Å². The summed E-state index contributed by atoms with van der Waals surface area (Å²) in [4.78, 5) is 1.17. The van der Waals surface area contributed by atoms with Gasteiger partial charge < -0.3 is 5.73 Å². The Morgan fingerprint density at radius 1 is 1.70 bits per heavy atom. The standard InChI is InChI=1S/C7H9NS.ClH/c1-2-6(8)7-4-3-5-9-7;/h2-6H,1,8H2;1H/t6-;/m1./s1. The Bertz CT molecular complexity index is 183. The second kappa shape index (κ2) is 4.50. The van der Waals surface area contributed by atoms with E-state index in [0.717, 1.165) is 0 Å². The number of hydrogen-bond acceptors (Lipinski definition) is 2. The van der Waals surface area contributed by atoms with Gasteiger partial charge in [0.1, 0.15) is 0 Å². The maximum Gasteiger partial charge on any atom is 0.0573 e. The number of halogens is 1. The van der Waals surface area contributed by atoms with Crippen molar-refractivity contribution >= 4 is 23.7 Å². The van der Waals surface area contributed by atoms with E-state index in [0.29, 0.717) is 0 Å². The van der Waals surface area contributed by atoms with Crippen LogP contribution in [0.5, 0.6) is 0 Å². The van der Waals surface area contributed by atoms with E-state index in [-0.39, 0.29) is 18.4 Å². The summed E-state index contributed by atoms with van der Waals surface area (Å²) >= 11 is 1.66. The van der Waals surface area contributed by atoms with Gasteiger partial charge in [-0.05, 0) is 11.4 Å². The molecule has 0 aliphatic heterocycles. The number of thiophene rings is 1. The first-order chi connectivity index (χ1) is 4.34. The van der Waals surface area contributed by atoms with E-state index in [4.69, 9.17) is 5.73 Å². The quantitative estimate of drug-likeness (QED) is 0.687. The second-order valence-electron chi connectivity index (χ2n) is 1.78. The van der Waals surface area contributed by atoms with Crippen LogP contribution in [0.2, 0.25) is 0 Å². The molecular weight excluding hydrogens is 166 g/mol. The average Bonchev–Trinajstić information content (AvgIpc) is 2.37. The van der Waals surface area contributed by atoms with Gasteiger partial charge in [-0.15, -0.1) is 30.3 Å². The van der Waals surface area contributed by atoms with Crippen LogP contribution < -0.4 is 5.73 Å². The van der Waals surface area contributed by atoms with E-state index < -0.39 is 0 Å². The van der Waals surface area contributed by atoms with Gasteiger partial charge in [0.05, 0.1) is 6.04 Å². The molecule has 1 atom stereocenters. The third-order valence-electron chi connectivity index (χ3n) is 1.13. The molecule has 0 amide bonds. The first kappa shape index (κ1) is 9.69. The SMILES string of the molecule is C=C[C@@H](N)c1cccs1.Cl. The first-order valence-electron chi connectivity index (χ1n) is 2.76. The molecule has 0 spiro atoms. The summed E-state index contributed by atoms with van der Waals surface area (Å²) in [6, 6.07) is 4.02. The predicted molar refractivity (Wildman–Crippen MR) is 48.7 cm³/mol. The zero-order valence-corrected chi connectivity index (χ0v) is 7.12. The smallest absolute Gasteiger partial charge is 0.0573 e. The average molecular weight is 176 g/mol. The van der Waals surface area contributed by atoms with Crippen LogP contribution in [0.1, 0.15) is 10.9 Å². The lowest BCUT2D eigenvalue weighted by molar-refractivity contribution is 0.940. The maximum absolute atomic E-state index is 5.63. The highest BCUT2D eigenvalue weighted by atomic mass is 35.5. The van der Waals surface area contributed by atoms with Crippen molar-refractivity contribution in [2.45, 2.75) is 6.04 Å². The van der Waals surface area contributed by atoms with Crippen molar-refractivity contribution in [3.8, 4) is 0 Å². The fraction of sp³-hybridized carbons (Fsp3) is 0.143. The highest BCUT2D eigenvalue weighted by Crippen LogP contribution is 2.16. The Morgan fingerprint density at radius 3 is 2.80 bits per heavy atom. The first-order valence-corrected chi connectivity index (χ1v) is 3.64. The molecule has 1 rings (SSSR count). The molecule has 1 heterocycles. The van der Waals surface area contributed by atoms with Crippen LogP contribution in [0, 0.1) is 0 Å². The van der Waals surface area contributed by atoms with Crippen molar-refractivity contribution in [3.63, 3.8) is 0 Å². The molecule has 3 heteroatoms. The molecule has 2 N–H and O–H groups in total. The third-order valence-corrected chi connectivity index (χ3v) is 2.10. The lowest BCUT2D eigenvalue weighted by Crippen LogP contribution is -2.03. The van der Waals surface area contributed by atoms with Crippen molar-refractivity contribution in [2.75, 3.05) is 0 Å². The van der Waals surface area contributed by atoms with Gasteiger partial charge in [0.15, 0.2) is 0 Å². The zero-order valence-electron chi connectivity index (χ0n) is 5.49. The molecule has 0 unspecified atom stereocenters. The van der Waals surface area contributed by atoms with E-state index in [9.17, 15) is 0 Å². The van der Waals surface area contributed by atoms with Crippen molar-refractivity contribution in [3.05, 3.63) is 35.0 Å². The van der Waals surface area contributed by atoms with Crippen molar-refractivity contribution in [2.24, 2.45) is 5.73 Å². The van der Waals surface area contributed by atoms with Crippen LogP contribution in [0.25, 0.3) is 0 Å². The Morgan fingerprint density at radius 2 is 2.40 bits per heavy atom. The summed E-state index contributed by atoms with van der Waals surface area (Å²) in [5, 5.41) is 2.01. The lowest BCUT2D eigenvalue weighted by Gasteiger charge is -1.98. The Kier molecular flexibility index (Phi) is 4.36. The zero-order chi connectivity index (χ0) is 6.69. The van der Waals surface area contributed by atoms with Gasteiger partial charge in [-0.1, -0.05) is 12.1 Å². The van der Waals surface area contributed by atoms with Gasteiger partial charge in [0, 0.05) is 4.88 Å².